The number of ketones is 1. The molecule has 6 heteroatoms. The third-order valence-electron chi connectivity index (χ3n) is 4.85. The summed E-state index contributed by atoms with van der Waals surface area (Å²) in [6, 6.07) is 6.81. The number of likely N-dealkylation sites (tertiary alicyclic amines) is 1. The van der Waals surface area contributed by atoms with Gasteiger partial charge in [0.25, 0.3) is 0 Å². The highest BCUT2D eigenvalue weighted by molar-refractivity contribution is 6.30. The fourth-order valence-corrected chi connectivity index (χ4v) is 3.27. The van der Waals surface area contributed by atoms with Crippen LogP contribution in [0.4, 0.5) is 0 Å². The maximum absolute atomic E-state index is 12.5. The molecule has 3 rings (SSSR count). The molecule has 1 aromatic carbocycles. The van der Waals surface area contributed by atoms with Crippen molar-refractivity contribution in [3.8, 4) is 0 Å². The molecule has 0 atom stereocenters. The van der Waals surface area contributed by atoms with E-state index in [1.807, 2.05) is 0 Å². The zero-order valence-electron chi connectivity index (χ0n) is 12.6. The van der Waals surface area contributed by atoms with Crippen LogP contribution in [0.2, 0.25) is 5.02 Å². The number of amides is 1. The summed E-state index contributed by atoms with van der Waals surface area (Å²) < 4.78 is 0. The van der Waals surface area contributed by atoms with Gasteiger partial charge in [0, 0.05) is 29.6 Å². The zero-order valence-corrected chi connectivity index (χ0v) is 13.4. The van der Waals surface area contributed by atoms with Crippen molar-refractivity contribution < 1.29 is 19.5 Å². The van der Waals surface area contributed by atoms with Gasteiger partial charge in [0.2, 0.25) is 5.91 Å². The minimum absolute atomic E-state index is 0.0631. The predicted molar refractivity (Wildman–Crippen MR) is 84.4 cm³/mol. The monoisotopic (exact) mass is 335 g/mol. The summed E-state index contributed by atoms with van der Waals surface area (Å²) in [7, 11) is 0. The van der Waals surface area contributed by atoms with Crippen LogP contribution in [-0.4, -0.2) is 40.8 Å². The summed E-state index contributed by atoms with van der Waals surface area (Å²) in [5, 5.41) is 9.79. The van der Waals surface area contributed by atoms with Crippen LogP contribution in [0.1, 0.15) is 36.0 Å². The standard InChI is InChI=1S/C17H18ClNO4/c18-13-3-1-11(2-4-13)14(20)12-5-9-19(10-6-12)15(21)17(7-8-17)16(22)23/h1-4,12H,5-10H2,(H,22,23). The molecule has 1 aromatic rings. The number of hydrogen-bond acceptors (Lipinski definition) is 3. The maximum atomic E-state index is 12.5. The van der Waals surface area contributed by atoms with E-state index in [-0.39, 0.29) is 17.6 Å². The number of piperidine rings is 1. The zero-order chi connectivity index (χ0) is 16.6. The number of carboxylic acids is 1. The molecule has 1 aliphatic heterocycles. The molecule has 23 heavy (non-hydrogen) atoms. The van der Waals surface area contributed by atoms with Crippen molar-refractivity contribution in [1.82, 2.24) is 4.90 Å². The van der Waals surface area contributed by atoms with Gasteiger partial charge in [-0.25, -0.2) is 0 Å². The molecule has 1 amide bonds. The normalized spacial score (nSPS) is 20.1. The summed E-state index contributed by atoms with van der Waals surface area (Å²) in [5.41, 5.74) is -0.559. The second-order valence-electron chi connectivity index (χ2n) is 6.32. The van der Waals surface area contributed by atoms with E-state index in [1.54, 1.807) is 29.2 Å². The van der Waals surface area contributed by atoms with Crippen molar-refractivity contribution in [2.45, 2.75) is 25.7 Å². The Bertz CT molecular complexity index is 643. The lowest BCUT2D eigenvalue weighted by molar-refractivity contribution is -0.154. The largest absolute Gasteiger partial charge is 0.480 e. The smallest absolute Gasteiger partial charge is 0.319 e. The molecule has 0 aromatic heterocycles. The van der Waals surface area contributed by atoms with E-state index in [4.69, 9.17) is 11.6 Å². The summed E-state index contributed by atoms with van der Waals surface area (Å²) >= 11 is 5.83. The number of benzene rings is 1. The number of aliphatic carboxylic acids is 1. The Kier molecular flexibility index (Phi) is 4.15. The summed E-state index contributed by atoms with van der Waals surface area (Å²) in [6.07, 6.45) is 1.99. The van der Waals surface area contributed by atoms with Gasteiger partial charge in [-0.2, -0.15) is 0 Å². The van der Waals surface area contributed by atoms with Crippen molar-refractivity contribution in [3.63, 3.8) is 0 Å². The van der Waals surface area contributed by atoms with E-state index >= 15 is 0 Å². The predicted octanol–water partition coefficient (Wildman–Crippen LogP) is 2.63. The molecule has 1 saturated heterocycles. The highest BCUT2D eigenvalue weighted by Gasteiger charge is 2.58. The Morgan fingerprint density at radius 2 is 1.65 bits per heavy atom. The molecule has 0 bridgehead atoms. The van der Waals surface area contributed by atoms with Gasteiger partial charge in [0.05, 0.1) is 0 Å². The minimum atomic E-state index is -1.19. The molecule has 1 N–H and O–H groups in total. The first-order chi connectivity index (χ1) is 10.9. The summed E-state index contributed by atoms with van der Waals surface area (Å²) in [4.78, 5) is 37.7. The number of Topliss-reactive ketones (excluding diaryl/α,β-unsaturated/α-hetero) is 1. The number of nitrogens with zero attached hydrogens (tertiary/aromatic N) is 1. The Morgan fingerprint density at radius 1 is 1.09 bits per heavy atom. The lowest BCUT2D eigenvalue weighted by Crippen LogP contribution is -2.45. The molecule has 2 fully saturated rings. The van der Waals surface area contributed by atoms with Crippen LogP contribution >= 0.6 is 11.6 Å². The van der Waals surface area contributed by atoms with Crippen LogP contribution < -0.4 is 0 Å². The van der Waals surface area contributed by atoms with Crippen LogP contribution in [0.5, 0.6) is 0 Å². The van der Waals surface area contributed by atoms with E-state index in [0.29, 0.717) is 49.4 Å². The number of hydrogen-bond donors (Lipinski definition) is 1. The highest BCUT2D eigenvalue weighted by Crippen LogP contribution is 2.48. The minimum Gasteiger partial charge on any atom is -0.480 e. The molecular weight excluding hydrogens is 318 g/mol. The van der Waals surface area contributed by atoms with Crippen LogP contribution in [0.3, 0.4) is 0 Å². The second-order valence-corrected chi connectivity index (χ2v) is 6.76. The van der Waals surface area contributed by atoms with Gasteiger partial charge in [0.1, 0.15) is 5.41 Å². The van der Waals surface area contributed by atoms with Crippen LogP contribution in [0, 0.1) is 11.3 Å². The van der Waals surface area contributed by atoms with E-state index in [2.05, 4.69) is 0 Å². The second kappa shape index (κ2) is 5.96. The van der Waals surface area contributed by atoms with Crippen molar-refractivity contribution >= 4 is 29.3 Å². The van der Waals surface area contributed by atoms with Crippen molar-refractivity contribution in [3.05, 3.63) is 34.9 Å². The van der Waals surface area contributed by atoms with Crippen LogP contribution in [0.15, 0.2) is 24.3 Å². The summed E-state index contributed by atoms with van der Waals surface area (Å²) in [5.74, 6) is -1.38. The molecule has 122 valence electrons. The van der Waals surface area contributed by atoms with Gasteiger partial charge in [-0.15, -0.1) is 0 Å². The molecular formula is C17H18ClNO4. The summed E-state index contributed by atoms with van der Waals surface area (Å²) in [6.45, 7) is 0.885. The number of carboxylic acid groups (broad SMARTS) is 1. The fraction of sp³-hybridized carbons (Fsp3) is 0.471. The molecule has 0 radical (unpaired) electrons. The molecule has 5 nitrogen and oxygen atoms in total. The van der Waals surface area contributed by atoms with Gasteiger partial charge >= 0.3 is 5.97 Å². The molecule has 1 aliphatic carbocycles. The quantitative estimate of drug-likeness (QED) is 0.678. The number of carbonyl (C=O) groups excluding carboxylic acids is 2. The van der Waals surface area contributed by atoms with E-state index in [9.17, 15) is 19.5 Å². The molecule has 1 heterocycles. The average molecular weight is 336 g/mol. The average Bonchev–Trinajstić information content (AvgIpc) is 3.36. The van der Waals surface area contributed by atoms with Crippen LogP contribution in [-0.2, 0) is 9.59 Å². The lowest BCUT2D eigenvalue weighted by atomic mass is 9.88. The fourth-order valence-electron chi connectivity index (χ4n) is 3.14. The topological polar surface area (TPSA) is 74.7 Å². The van der Waals surface area contributed by atoms with Gasteiger partial charge in [-0.1, -0.05) is 11.6 Å². The van der Waals surface area contributed by atoms with E-state index in [1.165, 1.54) is 0 Å². The SMILES string of the molecule is O=C(c1ccc(Cl)cc1)C1CCN(C(=O)C2(C(=O)O)CC2)CC1. The van der Waals surface area contributed by atoms with E-state index in [0.717, 1.165) is 0 Å². The third kappa shape index (κ3) is 2.98. The Balaban J connectivity index is 1.60. The first kappa shape index (κ1) is 16.0. The van der Waals surface area contributed by atoms with Crippen molar-refractivity contribution in [2.24, 2.45) is 11.3 Å². The van der Waals surface area contributed by atoms with Crippen molar-refractivity contribution in [1.29, 1.82) is 0 Å². The number of rotatable bonds is 4. The molecule has 1 saturated carbocycles. The maximum Gasteiger partial charge on any atom is 0.319 e. The first-order valence-electron chi connectivity index (χ1n) is 7.76. The van der Waals surface area contributed by atoms with Gasteiger partial charge in [-0.3, -0.25) is 14.4 Å². The van der Waals surface area contributed by atoms with Crippen LogP contribution in [0.25, 0.3) is 0 Å². The van der Waals surface area contributed by atoms with Crippen molar-refractivity contribution in [2.75, 3.05) is 13.1 Å². The Hall–Kier alpha value is -1.88. The molecule has 0 unspecified atom stereocenters. The van der Waals surface area contributed by atoms with E-state index < -0.39 is 11.4 Å². The van der Waals surface area contributed by atoms with Gasteiger partial charge < -0.3 is 10.0 Å². The Morgan fingerprint density at radius 3 is 2.13 bits per heavy atom. The molecule has 0 spiro atoms. The van der Waals surface area contributed by atoms with Gasteiger partial charge in [-0.05, 0) is 49.9 Å². The highest BCUT2D eigenvalue weighted by atomic mass is 35.5. The van der Waals surface area contributed by atoms with Gasteiger partial charge in [0.15, 0.2) is 5.78 Å². The molecule has 2 aliphatic rings. The lowest BCUT2D eigenvalue weighted by Gasteiger charge is -2.33. The third-order valence-corrected chi connectivity index (χ3v) is 5.10. The number of halogens is 1. The first-order valence-corrected chi connectivity index (χ1v) is 8.14. The number of carbonyl (C=O) groups is 3. The Labute approximate surface area is 139 Å².